The maximum Gasteiger partial charge on any atom is 0.267 e. The molecule has 2 rings (SSSR count). The van der Waals surface area contributed by atoms with E-state index in [1.54, 1.807) is 0 Å². The van der Waals surface area contributed by atoms with Crippen LogP contribution in [0.4, 0.5) is 0 Å². The van der Waals surface area contributed by atoms with Gasteiger partial charge in [0, 0.05) is 24.3 Å². The molecule has 1 aromatic rings. The van der Waals surface area contributed by atoms with Gasteiger partial charge >= 0.3 is 0 Å². The number of carbonyl (C=O) groups excluding carboxylic acids is 1. The van der Waals surface area contributed by atoms with Gasteiger partial charge in [-0.15, -0.1) is 0 Å². The zero-order chi connectivity index (χ0) is 12.3. The molecule has 1 unspecified atom stereocenters. The molecular formula is C12H18BrN3O. The molecule has 4 nitrogen and oxygen atoms in total. The second-order valence-corrected chi connectivity index (χ2v) is 5.49. The Bertz CT molecular complexity index is 396. The Kier molecular flexibility index (Phi) is 4.23. The number of aryl methyl sites for hydroxylation is 1. The first kappa shape index (κ1) is 12.6. The van der Waals surface area contributed by atoms with Gasteiger partial charge in [0.25, 0.3) is 5.91 Å². The van der Waals surface area contributed by atoms with E-state index in [-0.39, 0.29) is 5.91 Å². The summed E-state index contributed by atoms with van der Waals surface area (Å²) < 4.78 is 2.77. The molecule has 2 N–H and O–H groups in total. The fourth-order valence-corrected chi connectivity index (χ4v) is 2.70. The summed E-state index contributed by atoms with van der Waals surface area (Å²) in [4.78, 5) is 11.9. The Balaban J connectivity index is 1.86. The maximum absolute atomic E-state index is 11.9. The van der Waals surface area contributed by atoms with E-state index < -0.39 is 0 Å². The average molecular weight is 300 g/mol. The molecule has 94 valence electrons. The van der Waals surface area contributed by atoms with E-state index in [4.69, 9.17) is 0 Å². The Hall–Kier alpha value is -0.810. The summed E-state index contributed by atoms with van der Waals surface area (Å²) in [6.45, 7) is 2.88. The summed E-state index contributed by atoms with van der Waals surface area (Å²) in [6.07, 6.45) is 4.29. The van der Waals surface area contributed by atoms with Crippen LogP contribution in [-0.2, 0) is 7.05 Å². The molecule has 0 aliphatic carbocycles. The van der Waals surface area contributed by atoms with Crippen LogP contribution in [0.5, 0.6) is 0 Å². The van der Waals surface area contributed by atoms with Crippen LogP contribution in [0.25, 0.3) is 0 Å². The average Bonchev–Trinajstić information content (AvgIpc) is 2.67. The van der Waals surface area contributed by atoms with E-state index in [0.29, 0.717) is 11.6 Å². The van der Waals surface area contributed by atoms with Gasteiger partial charge in [-0.3, -0.25) is 4.79 Å². The monoisotopic (exact) mass is 299 g/mol. The highest BCUT2D eigenvalue weighted by molar-refractivity contribution is 9.10. The molecule has 0 saturated carbocycles. The van der Waals surface area contributed by atoms with Crippen LogP contribution in [0.15, 0.2) is 16.7 Å². The standard InChI is InChI=1S/C12H18BrN3O/c1-16-8-10(13)5-11(16)12(17)15-7-9-3-2-4-14-6-9/h5,8-9,14H,2-4,6-7H2,1H3,(H,15,17). The van der Waals surface area contributed by atoms with E-state index in [1.165, 1.54) is 12.8 Å². The summed E-state index contributed by atoms with van der Waals surface area (Å²) in [5, 5.41) is 6.35. The van der Waals surface area contributed by atoms with Crippen LogP contribution < -0.4 is 10.6 Å². The molecular weight excluding hydrogens is 282 g/mol. The van der Waals surface area contributed by atoms with Gasteiger partial charge in [0.15, 0.2) is 0 Å². The van der Waals surface area contributed by atoms with Crippen LogP contribution in [0, 0.1) is 5.92 Å². The van der Waals surface area contributed by atoms with Crippen LogP contribution in [-0.4, -0.2) is 30.1 Å². The first-order valence-electron chi connectivity index (χ1n) is 5.97. The number of rotatable bonds is 3. The highest BCUT2D eigenvalue weighted by atomic mass is 79.9. The van der Waals surface area contributed by atoms with E-state index in [2.05, 4.69) is 26.6 Å². The van der Waals surface area contributed by atoms with Gasteiger partial charge in [-0.1, -0.05) is 0 Å². The third kappa shape index (κ3) is 3.33. The van der Waals surface area contributed by atoms with Crippen molar-refractivity contribution in [3.8, 4) is 0 Å². The zero-order valence-corrected chi connectivity index (χ0v) is 11.6. The zero-order valence-electron chi connectivity index (χ0n) is 10.0. The lowest BCUT2D eigenvalue weighted by Gasteiger charge is -2.22. The van der Waals surface area contributed by atoms with Crippen LogP contribution in [0.1, 0.15) is 23.3 Å². The Morgan fingerprint density at radius 1 is 1.71 bits per heavy atom. The Labute approximate surface area is 110 Å². The van der Waals surface area contributed by atoms with Gasteiger partial charge in [0.2, 0.25) is 0 Å². The molecule has 17 heavy (non-hydrogen) atoms. The minimum atomic E-state index is 0.00349. The smallest absolute Gasteiger partial charge is 0.267 e. The van der Waals surface area contributed by atoms with Crippen molar-refractivity contribution in [3.05, 3.63) is 22.4 Å². The molecule has 0 aromatic carbocycles. The quantitative estimate of drug-likeness (QED) is 0.889. The molecule has 2 heterocycles. The predicted molar refractivity (Wildman–Crippen MR) is 71.0 cm³/mol. The number of halogens is 1. The number of carbonyl (C=O) groups is 1. The first-order valence-corrected chi connectivity index (χ1v) is 6.77. The topological polar surface area (TPSA) is 46.1 Å². The lowest BCUT2D eigenvalue weighted by molar-refractivity contribution is 0.0936. The van der Waals surface area contributed by atoms with Gasteiger partial charge in [0.1, 0.15) is 5.69 Å². The SMILES string of the molecule is Cn1cc(Br)cc1C(=O)NCC1CCCNC1. The molecule has 1 aliphatic rings. The molecule has 1 aromatic heterocycles. The lowest BCUT2D eigenvalue weighted by Crippen LogP contribution is -2.38. The highest BCUT2D eigenvalue weighted by Gasteiger charge is 2.16. The lowest BCUT2D eigenvalue weighted by atomic mass is 10.00. The number of nitrogens with one attached hydrogen (secondary N) is 2. The molecule has 1 saturated heterocycles. The summed E-state index contributed by atoms with van der Waals surface area (Å²) in [5.41, 5.74) is 0.695. The maximum atomic E-state index is 11.9. The van der Waals surface area contributed by atoms with Gasteiger partial charge in [0.05, 0.1) is 0 Å². The van der Waals surface area contributed by atoms with Crippen molar-refractivity contribution in [1.82, 2.24) is 15.2 Å². The van der Waals surface area contributed by atoms with Gasteiger partial charge < -0.3 is 15.2 Å². The fraction of sp³-hybridized carbons (Fsp3) is 0.583. The van der Waals surface area contributed by atoms with Crippen molar-refractivity contribution in [3.63, 3.8) is 0 Å². The van der Waals surface area contributed by atoms with Crippen molar-refractivity contribution >= 4 is 21.8 Å². The normalized spacial score (nSPS) is 20.2. The van der Waals surface area contributed by atoms with Crippen molar-refractivity contribution < 1.29 is 4.79 Å². The minimum Gasteiger partial charge on any atom is -0.350 e. The van der Waals surface area contributed by atoms with Crippen LogP contribution in [0.3, 0.4) is 0 Å². The summed E-state index contributed by atoms with van der Waals surface area (Å²) in [6, 6.07) is 1.84. The summed E-state index contributed by atoms with van der Waals surface area (Å²) >= 11 is 3.37. The molecule has 0 radical (unpaired) electrons. The third-order valence-electron chi connectivity index (χ3n) is 3.15. The highest BCUT2D eigenvalue weighted by Crippen LogP contribution is 2.14. The van der Waals surface area contributed by atoms with E-state index in [0.717, 1.165) is 24.1 Å². The molecule has 0 bridgehead atoms. The second-order valence-electron chi connectivity index (χ2n) is 4.58. The number of piperidine rings is 1. The number of amides is 1. The van der Waals surface area contributed by atoms with Crippen LogP contribution in [0.2, 0.25) is 0 Å². The molecule has 1 fully saturated rings. The number of aromatic nitrogens is 1. The number of hydrogen-bond donors (Lipinski definition) is 2. The molecule has 5 heteroatoms. The van der Waals surface area contributed by atoms with Gasteiger partial charge in [-0.2, -0.15) is 0 Å². The van der Waals surface area contributed by atoms with E-state index in [9.17, 15) is 4.79 Å². The molecule has 1 amide bonds. The summed E-state index contributed by atoms with van der Waals surface area (Å²) in [5.74, 6) is 0.570. The van der Waals surface area contributed by atoms with E-state index >= 15 is 0 Å². The fourth-order valence-electron chi connectivity index (χ4n) is 2.18. The van der Waals surface area contributed by atoms with Gasteiger partial charge in [-0.25, -0.2) is 0 Å². The van der Waals surface area contributed by atoms with E-state index in [1.807, 2.05) is 23.9 Å². The third-order valence-corrected chi connectivity index (χ3v) is 3.59. The Morgan fingerprint density at radius 3 is 3.12 bits per heavy atom. The molecule has 1 atom stereocenters. The van der Waals surface area contributed by atoms with Crippen molar-refractivity contribution in [1.29, 1.82) is 0 Å². The molecule has 0 spiro atoms. The van der Waals surface area contributed by atoms with Crippen molar-refractivity contribution in [2.45, 2.75) is 12.8 Å². The Morgan fingerprint density at radius 2 is 2.53 bits per heavy atom. The predicted octanol–water partition coefficient (Wildman–Crippen LogP) is 1.52. The van der Waals surface area contributed by atoms with Crippen molar-refractivity contribution in [2.24, 2.45) is 13.0 Å². The number of nitrogens with zero attached hydrogens (tertiary/aromatic N) is 1. The largest absolute Gasteiger partial charge is 0.350 e. The van der Waals surface area contributed by atoms with Crippen LogP contribution >= 0.6 is 15.9 Å². The number of hydrogen-bond acceptors (Lipinski definition) is 2. The first-order chi connectivity index (χ1) is 8.16. The minimum absolute atomic E-state index is 0.00349. The second kappa shape index (κ2) is 5.69. The van der Waals surface area contributed by atoms with Gasteiger partial charge in [-0.05, 0) is 53.8 Å². The summed E-state index contributed by atoms with van der Waals surface area (Å²) in [7, 11) is 1.88. The molecule has 1 aliphatic heterocycles. The van der Waals surface area contributed by atoms with Crippen molar-refractivity contribution in [2.75, 3.05) is 19.6 Å².